The maximum absolute atomic E-state index is 10.6. The molecule has 1 atom stereocenters. The Morgan fingerprint density at radius 1 is 1.35 bits per heavy atom. The van der Waals surface area contributed by atoms with Crippen molar-refractivity contribution in [2.75, 3.05) is 6.54 Å². The van der Waals surface area contributed by atoms with Gasteiger partial charge in [0.05, 0.1) is 6.42 Å². The van der Waals surface area contributed by atoms with Crippen LogP contribution in [0.4, 0.5) is 0 Å². The zero-order valence-corrected chi connectivity index (χ0v) is 10.6. The second kappa shape index (κ2) is 7.07. The fourth-order valence-corrected chi connectivity index (χ4v) is 1.77. The van der Waals surface area contributed by atoms with Crippen LogP contribution in [-0.4, -0.2) is 28.6 Å². The van der Waals surface area contributed by atoms with Crippen LogP contribution in [0.25, 0.3) is 0 Å². The predicted octanol–water partition coefficient (Wildman–Crippen LogP) is 2.76. The van der Waals surface area contributed by atoms with Gasteiger partial charge in [-0.2, -0.15) is 0 Å². The number of nitrogens with zero attached hydrogens (tertiary/aromatic N) is 1. The number of aliphatic carboxylic acids is 1. The lowest BCUT2D eigenvalue weighted by Crippen LogP contribution is -2.34. The number of carbonyl (C=O) groups is 1. The van der Waals surface area contributed by atoms with E-state index < -0.39 is 5.97 Å². The van der Waals surface area contributed by atoms with Gasteiger partial charge in [0.1, 0.15) is 0 Å². The summed E-state index contributed by atoms with van der Waals surface area (Å²) in [5.41, 5.74) is 1.23. The molecule has 1 rings (SSSR count). The smallest absolute Gasteiger partial charge is 0.304 e. The third-order valence-electron chi connectivity index (χ3n) is 3.06. The van der Waals surface area contributed by atoms with Crippen molar-refractivity contribution in [2.45, 2.75) is 39.3 Å². The summed E-state index contributed by atoms with van der Waals surface area (Å²) < 4.78 is 0. The Balaban J connectivity index is 2.60. The minimum Gasteiger partial charge on any atom is -0.481 e. The van der Waals surface area contributed by atoms with Gasteiger partial charge in [0.2, 0.25) is 0 Å². The number of benzene rings is 1. The molecule has 1 aromatic carbocycles. The van der Waals surface area contributed by atoms with Crippen LogP contribution >= 0.6 is 0 Å². The standard InChI is InChI=1S/C14H21NO2/c1-3-12(2)15(10-9-14(16)17)11-13-7-5-4-6-8-13/h4-8,12H,3,9-11H2,1-2H3,(H,16,17). The molecule has 0 saturated heterocycles. The predicted molar refractivity (Wildman–Crippen MR) is 68.9 cm³/mol. The Bertz CT molecular complexity index is 337. The second-order valence-electron chi connectivity index (χ2n) is 4.36. The molecule has 0 spiro atoms. The van der Waals surface area contributed by atoms with E-state index >= 15 is 0 Å². The van der Waals surface area contributed by atoms with E-state index in [1.807, 2.05) is 18.2 Å². The van der Waals surface area contributed by atoms with Gasteiger partial charge in [-0.25, -0.2) is 0 Å². The van der Waals surface area contributed by atoms with E-state index in [1.54, 1.807) is 0 Å². The zero-order chi connectivity index (χ0) is 12.7. The number of rotatable bonds is 7. The molecular weight excluding hydrogens is 214 g/mol. The molecule has 17 heavy (non-hydrogen) atoms. The summed E-state index contributed by atoms with van der Waals surface area (Å²) in [5, 5.41) is 8.76. The molecule has 94 valence electrons. The summed E-state index contributed by atoms with van der Waals surface area (Å²) in [4.78, 5) is 12.9. The van der Waals surface area contributed by atoms with Crippen molar-refractivity contribution >= 4 is 5.97 Å². The van der Waals surface area contributed by atoms with Gasteiger partial charge >= 0.3 is 5.97 Å². The zero-order valence-electron chi connectivity index (χ0n) is 10.6. The molecule has 0 bridgehead atoms. The minimum absolute atomic E-state index is 0.206. The highest BCUT2D eigenvalue weighted by molar-refractivity contribution is 5.66. The Kier molecular flexibility index (Phi) is 5.70. The first-order chi connectivity index (χ1) is 8.13. The van der Waals surface area contributed by atoms with Gasteiger partial charge in [-0.1, -0.05) is 37.3 Å². The minimum atomic E-state index is -0.730. The van der Waals surface area contributed by atoms with Crippen LogP contribution in [0.1, 0.15) is 32.3 Å². The fourth-order valence-electron chi connectivity index (χ4n) is 1.77. The van der Waals surface area contributed by atoms with Crippen LogP contribution in [0, 0.1) is 0 Å². The maximum atomic E-state index is 10.6. The summed E-state index contributed by atoms with van der Waals surface area (Å²) in [6.45, 7) is 5.70. The monoisotopic (exact) mass is 235 g/mol. The molecule has 1 unspecified atom stereocenters. The van der Waals surface area contributed by atoms with Crippen molar-refractivity contribution in [1.82, 2.24) is 4.90 Å². The first kappa shape index (κ1) is 13.7. The van der Waals surface area contributed by atoms with E-state index in [-0.39, 0.29) is 6.42 Å². The van der Waals surface area contributed by atoms with Gasteiger partial charge < -0.3 is 5.11 Å². The summed E-state index contributed by atoms with van der Waals surface area (Å²) in [5.74, 6) is -0.730. The van der Waals surface area contributed by atoms with Gasteiger partial charge in [-0.05, 0) is 18.9 Å². The summed E-state index contributed by atoms with van der Waals surface area (Å²) in [6, 6.07) is 10.6. The van der Waals surface area contributed by atoms with E-state index in [1.165, 1.54) is 5.56 Å². The highest BCUT2D eigenvalue weighted by Crippen LogP contribution is 2.11. The van der Waals surface area contributed by atoms with Gasteiger partial charge in [-0.15, -0.1) is 0 Å². The lowest BCUT2D eigenvalue weighted by Gasteiger charge is -2.27. The SMILES string of the molecule is CCC(C)N(CCC(=O)O)Cc1ccccc1. The first-order valence-electron chi connectivity index (χ1n) is 6.13. The van der Waals surface area contributed by atoms with Crippen LogP contribution in [-0.2, 0) is 11.3 Å². The van der Waals surface area contributed by atoms with Crippen molar-refractivity contribution in [3.05, 3.63) is 35.9 Å². The van der Waals surface area contributed by atoms with E-state index in [4.69, 9.17) is 5.11 Å². The molecule has 3 heteroatoms. The van der Waals surface area contributed by atoms with E-state index in [0.29, 0.717) is 12.6 Å². The largest absolute Gasteiger partial charge is 0.481 e. The topological polar surface area (TPSA) is 40.5 Å². The highest BCUT2D eigenvalue weighted by atomic mass is 16.4. The lowest BCUT2D eigenvalue weighted by atomic mass is 10.1. The summed E-state index contributed by atoms with van der Waals surface area (Å²) in [7, 11) is 0. The molecule has 0 radical (unpaired) electrons. The van der Waals surface area contributed by atoms with Gasteiger partial charge in [0, 0.05) is 19.1 Å². The lowest BCUT2D eigenvalue weighted by molar-refractivity contribution is -0.137. The second-order valence-corrected chi connectivity index (χ2v) is 4.36. The number of carboxylic acid groups (broad SMARTS) is 1. The molecule has 0 saturated carbocycles. The number of hydrogen-bond acceptors (Lipinski definition) is 2. The van der Waals surface area contributed by atoms with Crippen LogP contribution in [0.5, 0.6) is 0 Å². The third-order valence-corrected chi connectivity index (χ3v) is 3.06. The van der Waals surface area contributed by atoms with Crippen molar-refractivity contribution in [2.24, 2.45) is 0 Å². The van der Waals surface area contributed by atoms with Gasteiger partial charge in [0.25, 0.3) is 0 Å². The van der Waals surface area contributed by atoms with Crippen molar-refractivity contribution in [3.8, 4) is 0 Å². The van der Waals surface area contributed by atoms with Crippen LogP contribution < -0.4 is 0 Å². The molecule has 0 fully saturated rings. The van der Waals surface area contributed by atoms with Crippen molar-refractivity contribution in [1.29, 1.82) is 0 Å². The Labute approximate surface area is 103 Å². The molecular formula is C14H21NO2. The number of hydrogen-bond donors (Lipinski definition) is 1. The quantitative estimate of drug-likeness (QED) is 0.790. The summed E-state index contributed by atoms with van der Waals surface area (Å²) >= 11 is 0. The molecule has 0 aliphatic heterocycles. The van der Waals surface area contributed by atoms with E-state index in [9.17, 15) is 4.79 Å². The maximum Gasteiger partial charge on any atom is 0.304 e. The molecule has 1 N–H and O–H groups in total. The van der Waals surface area contributed by atoms with Gasteiger partial charge in [0.15, 0.2) is 0 Å². The van der Waals surface area contributed by atoms with E-state index in [0.717, 1.165) is 13.0 Å². The third kappa shape index (κ3) is 5.00. The average Bonchev–Trinajstić information content (AvgIpc) is 2.34. The van der Waals surface area contributed by atoms with Gasteiger partial charge in [-0.3, -0.25) is 9.69 Å². The molecule has 0 aromatic heterocycles. The number of carboxylic acids is 1. The highest BCUT2D eigenvalue weighted by Gasteiger charge is 2.13. The van der Waals surface area contributed by atoms with Crippen molar-refractivity contribution < 1.29 is 9.90 Å². The molecule has 1 aromatic rings. The fraction of sp³-hybridized carbons (Fsp3) is 0.500. The average molecular weight is 235 g/mol. The molecule has 0 heterocycles. The Morgan fingerprint density at radius 2 is 2.00 bits per heavy atom. The van der Waals surface area contributed by atoms with E-state index in [2.05, 4.69) is 30.9 Å². The molecule has 0 aliphatic carbocycles. The normalized spacial score (nSPS) is 12.6. The van der Waals surface area contributed by atoms with Crippen molar-refractivity contribution in [3.63, 3.8) is 0 Å². The Morgan fingerprint density at radius 3 is 2.53 bits per heavy atom. The van der Waals surface area contributed by atoms with Crippen LogP contribution in [0.2, 0.25) is 0 Å². The molecule has 0 amide bonds. The molecule has 3 nitrogen and oxygen atoms in total. The van der Waals surface area contributed by atoms with Crippen LogP contribution in [0.15, 0.2) is 30.3 Å². The molecule has 0 aliphatic rings. The van der Waals surface area contributed by atoms with Crippen LogP contribution in [0.3, 0.4) is 0 Å². The summed E-state index contributed by atoms with van der Waals surface area (Å²) in [6.07, 6.45) is 1.24. The first-order valence-corrected chi connectivity index (χ1v) is 6.13. The Hall–Kier alpha value is -1.35.